The molecular weight excluding hydrogens is 256 g/mol. The normalized spacial score (nSPS) is 13.0. The third kappa shape index (κ3) is 2.60. The molecule has 0 bridgehead atoms. The molecule has 1 heterocycles. The maximum Gasteiger partial charge on any atom is 0.162 e. The Morgan fingerprint density at radius 1 is 1.05 bits per heavy atom. The standard InChI is InChI=1S/C16H10ClN2/c17-15-11-14(12-7-3-1-4-8-12)18-16(19-15)13-9-5-2-6-10-13/h1-3,5-11H/q+1. The molecule has 3 rings (SSSR count). The van der Waals surface area contributed by atoms with Gasteiger partial charge < -0.3 is 0 Å². The molecule has 0 saturated heterocycles. The highest BCUT2D eigenvalue weighted by molar-refractivity contribution is 6.29. The molecule has 2 aromatic rings. The molecule has 0 unspecified atom stereocenters. The third-order valence-corrected chi connectivity index (χ3v) is 2.92. The summed E-state index contributed by atoms with van der Waals surface area (Å²) in [4.78, 5) is 8.83. The summed E-state index contributed by atoms with van der Waals surface area (Å²) in [6.45, 7) is 0. The summed E-state index contributed by atoms with van der Waals surface area (Å²) in [6.07, 6.45) is 10.7. The Morgan fingerprint density at radius 3 is 2.63 bits per heavy atom. The second kappa shape index (κ2) is 5.15. The first-order valence-corrected chi connectivity index (χ1v) is 6.27. The summed E-state index contributed by atoms with van der Waals surface area (Å²) >= 11 is 6.09. The van der Waals surface area contributed by atoms with Crippen LogP contribution in [0.4, 0.5) is 0 Å². The molecule has 1 aliphatic rings. The van der Waals surface area contributed by atoms with Gasteiger partial charge in [-0.15, -0.1) is 0 Å². The lowest BCUT2D eigenvalue weighted by Gasteiger charge is -2.03. The minimum atomic E-state index is 0.438. The molecule has 1 aliphatic carbocycles. The molecule has 1 aromatic heterocycles. The average molecular weight is 266 g/mol. The number of aromatic nitrogens is 2. The maximum absolute atomic E-state index is 6.09. The molecule has 1 aromatic carbocycles. The van der Waals surface area contributed by atoms with Crippen molar-refractivity contribution < 1.29 is 0 Å². The van der Waals surface area contributed by atoms with Crippen LogP contribution in [-0.4, -0.2) is 9.97 Å². The predicted molar refractivity (Wildman–Crippen MR) is 77.4 cm³/mol. The molecule has 3 heteroatoms. The lowest BCUT2D eigenvalue weighted by molar-refractivity contribution is 1.15. The quantitative estimate of drug-likeness (QED) is 0.603. The summed E-state index contributed by atoms with van der Waals surface area (Å²) in [5, 5.41) is 0.438. The molecule has 0 spiro atoms. The second-order valence-corrected chi connectivity index (χ2v) is 4.44. The van der Waals surface area contributed by atoms with Crippen LogP contribution in [0.25, 0.3) is 17.0 Å². The van der Waals surface area contributed by atoms with Gasteiger partial charge in [0.05, 0.1) is 6.08 Å². The number of halogens is 1. The molecule has 0 aliphatic heterocycles. The monoisotopic (exact) mass is 265 g/mol. The van der Waals surface area contributed by atoms with Gasteiger partial charge in [-0.2, -0.15) is 0 Å². The van der Waals surface area contributed by atoms with Crippen molar-refractivity contribution in [3.8, 4) is 11.4 Å². The largest absolute Gasteiger partial charge is 0.216 e. The van der Waals surface area contributed by atoms with Crippen molar-refractivity contribution in [3.05, 3.63) is 77.6 Å². The van der Waals surface area contributed by atoms with Crippen LogP contribution in [0, 0.1) is 6.08 Å². The number of hydrogen-bond donors (Lipinski definition) is 0. The SMILES string of the molecule is Clc1cc(C2=CC=C[C+]=C2)nc(-c2ccccc2)n1. The zero-order valence-electron chi connectivity index (χ0n) is 10.0. The van der Waals surface area contributed by atoms with E-state index in [0.717, 1.165) is 16.8 Å². The van der Waals surface area contributed by atoms with Gasteiger partial charge in [-0.25, -0.2) is 9.97 Å². The van der Waals surface area contributed by atoms with Crippen LogP contribution in [-0.2, 0) is 0 Å². The van der Waals surface area contributed by atoms with E-state index in [9.17, 15) is 0 Å². The van der Waals surface area contributed by atoms with Gasteiger partial charge in [0.2, 0.25) is 0 Å². The van der Waals surface area contributed by atoms with E-state index in [1.54, 1.807) is 6.07 Å². The molecule has 0 radical (unpaired) electrons. The molecule has 19 heavy (non-hydrogen) atoms. The summed E-state index contributed by atoms with van der Waals surface area (Å²) in [7, 11) is 0. The molecule has 90 valence electrons. The Balaban J connectivity index is 2.09. The predicted octanol–water partition coefficient (Wildman–Crippen LogP) is 4.11. The smallest absolute Gasteiger partial charge is 0.162 e. The average Bonchev–Trinajstić information content (AvgIpc) is 2.48. The zero-order valence-corrected chi connectivity index (χ0v) is 10.8. The van der Waals surface area contributed by atoms with Gasteiger partial charge in [0.15, 0.2) is 5.82 Å². The summed E-state index contributed by atoms with van der Waals surface area (Å²) in [5.74, 6) is 0.631. The van der Waals surface area contributed by atoms with Gasteiger partial charge in [0.25, 0.3) is 0 Å². The van der Waals surface area contributed by atoms with E-state index in [1.165, 1.54) is 0 Å². The maximum atomic E-state index is 6.09. The van der Waals surface area contributed by atoms with Gasteiger partial charge in [-0.05, 0) is 0 Å². The van der Waals surface area contributed by atoms with Crippen molar-refractivity contribution in [2.45, 2.75) is 0 Å². The highest BCUT2D eigenvalue weighted by Crippen LogP contribution is 2.23. The Labute approximate surface area is 116 Å². The lowest BCUT2D eigenvalue weighted by atomic mass is 10.1. The van der Waals surface area contributed by atoms with E-state index < -0.39 is 0 Å². The highest BCUT2D eigenvalue weighted by Gasteiger charge is 2.13. The molecule has 0 amide bonds. The van der Waals surface area contributed by atoms with Crippen LogP contribution in [0.15, 0.2) is 60.7 Å². The molecule has 2 nitrogen and oxygen atoms in total. The summed E-state index contributed by atoms with van der Waals surface area (Å²) in [5.41, 5.74) is 2.73. The van der Waals surface area contributed by atoms with Gasteiger partial charge in [0.1, 0.15) is 28.6 Å². The number of rotatable bonds is 2. The van der Waals surface area contributed by atoms with Crippen molar-refractivity contribution in [1.29, 1.82) is 0 Å². The number of hydrogen-bond acceptors (Lipinski definition) is 2. The van der Waals surface area contributed by atoms with Crippen molar-refractivity contribution in [1.82, 2.24) is 9.97 Å². The minimum absolute atomic E-state index is 0.438. The third-order valence-electron chi connectivity index (χ3n) is 2.73. The van der Waals surface area contributed by atoms with Gasteiger partial charge in [-0.3, -0.25) is 0 Å². The Kier molecular flexibility index (Phi) is 3.20. The van der Waals surface area contributed by atoms with Crippen LogP contribution in [0.2, 0.25) is 5.15 Å². The molecule has 0 fully saturated rings. The first kappa shape index (κ1) is 11.8. The van der Waals surface area contributed by atoms with Crippen molar-refractivity contribution in [2.24, 2.45) is 0 Å². The van der Waals surface area contributed by atoms with E-state index in [4.69, 9.17) is 11.6 Å². The first-order chi connectivity index (χ1) is 9.33. The number of benzene rings is 1. The van der Waals surface area contributed by atoms with Crippen LogP contribution in [0.5, 0.6) is 0 Å². The van der Waals surface area contributed by atoms with Crippen LogP contribution in [0.1, 0.15) is 5.69 Å². The Hall–Kier alpha value is -2.28. The second-order valence-electron chi connectivity index (χ2n) is 4.06. The highest BCUT2D eigenvalue weighted by atomic mass is 35.5. The minimum Gasteiger partial charge on any atom is -0.216 e. The molecule has 0 N–H and O–H groups in total. The lowest BCUT2D eigenvalue weighted by Crippen LogP contribution is -1.95. The van der Waals surface area contributed by atoms with Gasteiger partial charge in [0, 0.05) is 23.8 Å². The van der Waals surface area contributed by atoms with Crippen LogP contribution >= 0.6 is 11.6 Å². The van der Waals surface area contributed by atoms with Gasteiger partial charge >= 0.3 is 0 Å². The van der Waals surface area contributed by atoms with Crippen molar-refractivity contribution in [3.63, 3.8) is 0 Å². The summed E-state index contributed by atoms with van der Waals surface area (Å²) in [6, 6.07) is 11.6. The topological polar surface area (TPSA) is 25.8 Å². The molecular formula is C16H10ClN2+. The van der Waals surface area contributed by atoms with Crippen LogP contribution in [0.3, 0.4) is 0 Å². The summed E-state index contributed by atoms with van der Waals surface area (Å²) < 4.78 is 0. The fourth-order valence-electron chi connectivity index (χ4n) is 1.83. The van der Waals surface area contributed by atoms with E-state index in [0.29, 0.717) is 11.0 Å². The Bertz CT molecular complexity index is 685. The van der Waals surface area contributed by atoms with E-state index in [-0.39, 0.29) is 0 Å². The van der Waals surface area contributed by atoms with E-state index >= 15 is 0 Å². The zero-order chi connectivity index (χ0) is 13.1. The number of nitrogens with zero attached hydrogens (tertiary/aromatic N) is 2. The molecule has 0 saturated carbocycles. The van der Waals surface area contributed by atoms with Crippen LogP contribution < -0.4 is 0 Å². The fraction of sp³-hybridized carbons (Fsp3) is 0. The fourth-order valence-corrected chi connectivity index (χ4v) is 2.02. The van der Waals surface area contributed by atoms with Crippen molar-refractivity contribution in [2.75, 3.05) is 0 Å². The molecule has 0 atom stereocenters. The van der Waals surface area contributed by atoms with Gasteiger partial charge in [-0.1, -0.05) is 41.9 Å². The van der Waals surface area contributed by atoms with Crippen molar-refractivity contribution >= 4 is 17.2 Å². The Morgan fingerprint density at radius 2 is 1.89 bits per heavy atom. The number of allylic oxidation sites excluding steroid dienone is 6. The first-order valence-electron chi connectivity index (χ1n) is 5.89. The van der Waals surface area contributed by atoms with E-state index in [2.05, 4.69) is 16.0 Å². The van der Waals surface area contributed by atoms with E-state index in [1.807, 2.05) is 54.6 Å².